The molecule has 0 saturated heterocycles. The third-order valence-electron chi connectivity index (χ3n) is 2.63. The Kier molecular flexibility index (Phi) is 5.80. The molecule has 19 heavy (non-hydrogen) atoms. The highest BCUT2D eigenvalue weighted by atomic mass is 16.5. The van der Waals surface area contributed by atoms with Crippen LogP contribution in [0, 0.1) is 0 Å². The van der Waals surface area contributed by atoms with Crippen molar-refractivity contribution in [3.05, 3.63) is 22.7 Å². The van der Waals surface area contributed by atoms with Gasteiger partial charge in [-0.25, -0.2) is 4.98 Å². The molecule has 0 unspecified atom stereocenters. The standard InChI is InChI=1S/C11H19N5O3/c1-15-6-4-13-10(11(15)17)16(7-8-19-2)5-3-9(12)14-18/h4,6,18H,3,5,7-8H2,1-2H3,(H2,12,14). The summed E-state index contributed by atoms with van der Waals surface area (Å²) < 4.78 is 6.46. The summed E-state index contributed by atoms with van der Waals surface area (Å²) in [6.45, 7) is 1.38. The number of aromatic nitrogens is 2. The summed E-state index contributed by atoms with van der Waals surface area (Å²) in [4.78, 5) is 17.8. The van der Waals surface area contributed by atoms with E-state index in [1.807, 2.05) is 0 Å². The van der Waals surface area contributed by atoms with Gasteiger partial charge < -0.3 is 25.1 Å². The fourth-order valence-electron chi connectivity index (χ4n) is 1.53. The average molecular weight is 269 g/mol. The Bertz CT molecular complexity index is 485. The first-order valence-corrected chi connectivity index (χ1v) is 5.82. The molecule has 1 aromatic heterocycles. The molecule has 0 bridgehead atoms. The van der Waals surface area contributed by atoms with E-state index in [2.05, 4.69) is 10.1 Å². The quantitative estimate of drug-likeness (QED) is 0.295. The van der Waals surface area contributed by atoms with E-state index < -0.39 is 0 Å². The topological polar surface area (TPSA) is 106 Å². The molecule has 8 heteroatoms. The molecular weight excluding hydrogens is 250 g/mol. The molecule has 1 rings (SSSR count). The van der Waals surface area contributed by atoms with E-state index in [1.54, 1.807) is 31.5 Å². The molecule has 0 aliphatic rings. The monoisotopic (exact) mass is 269 g/mol. The van der Waals surface area contributed by atoms with Gasteiger partial charge >= 0.3 is 0 Å². The lowest BCUT2D eigenvalue weighted by atomic mass is 10.3. The number of ether oxygens (including phenoxy) is 1. The number of hydrogen-bond donors (Lipinski definition) is 2. The molecule has 0 radical (unpaired) electrons. The molecule has 0 aliphatic heterocycles. The number of amidine groups is 1. The van der Waals surface area contributed by atoms with Gasteiger partial charge in [0.1, 0.15) is 5.84 Å². The Morgan fingerprint density at radius 3 is 3.00 bits per heavy atom. The van der Waals surface area contributed by atoms with Crippen LogP contribution in [0.15, 0.2) is 22.3 Å². The van der Waals surface area contributed by atoms with Crippen LogP contribution in [0.25, 0.3) is 0 Å². The van der Waals surface area contributed by atoms with Crippen molar-refractivity contribution in [1.82, 2.24) is 9.55 Å². The van der Waals surface area contributed by atoms with E-state index in [9.17, 15) is 4.79 Å². The second-order valence-electron chi connectivity index (χ2n) is 3.99. The summed E-state index contributed by atoms with van der Waals surface area (Å²) in [5, 5.41) is 11.4. The zero-order valence-electron chi connectivity index (χ0n) is 11.1. The number of nitrogens with zero attached hydrogens (tertiary/aromatic N) is 4. The predicted molar refractivity (Wildman–Crippen MR) is 71.6 cm³/mol. The highest BCUT2D eigenvalue weighted by Crippen LogP contribution is 2.04. The van der Waals surface area contributed by atoms with Crippen LogP contribution in [0.1, 0.15) is 6.42 Å². The van der Waals surface area contributed by atoms with Crippen LogP contribution in [-0.2, 0) is 11.8 Å². The zero-order valence-corrected chi connectivity index (χ0v) is 11.1. The predicted octanol–water partition coefficient (Wildman–Crippen LogP) is -0.630. The first kappa shape index (κ1) is 15.0. The van der Waals surface area contributed by atoms with Crippen molar-refractivity contribution in [3.63, 3.8) is 0 Å². The maximum atomic E-state index is 12.0. The van der Waals surface area contributed by atoms with Crippen molar-refractivity contribution >= 4 is 11.7 Å². The van der Waals surface area contributed by atoms with E-state index in [0.29, 0.717) is 31.9 Å². The maximum Gasteiger partial charge on any atom is 0.293 e. The van der Waals surface area contributed by atoms with Crippen molar-refractivity contribution < 1.29 is 9.94 Å². The molecule has 8 nitrogen and oxygen atoms in total. The molecule has 0 atom stereocenters. The Morgan fingerprint density at radius 1 is 1.63 bits per heavy atom. The minimum Gasteiger partial charge on any atom is -0.409 e. The number of hydrogen-bond acceptors (Lipinski definition) is 6. The number of oxime groups is 1. The van der Waals surface area contributed by atoms with Crippen molar-refractivity contribution in [2.75, 3.05) is 31.7 Å². The van der Waals surface area contributed by atoms with E-state index in [-0.39, 0.29) is 11.4 Å². The first-order valence-electron chi connectivity index (χ1n) is 5.82. The Hall–Kier alpha value is -2.09. The Balaban J connectivity index is 2.89. The first-order chi connectivity index (χ1) is 9.10. The van der Waals surface area contributed by atoms with E-state index in [4.69, 9.17) is 15.7 Å². The molecule has 0 spiro atoms. The lowest BCUT2D eigenvalue weighted by Gasteiger charge is -2.22. The normalized spacial score (nSPS) is 11.6. The van der Waals surface area contributed by atoms with Gasteiger partial charge in [0.2, 0.25) is 0 Å². The van der Waals surface area contributed by atoms with Gasteiger partial charge in [-0.1, -0.05) is 5.16 Å². The van der Waals surface area contributed by atoms with Gasteiger partial charge in [0.15, 0.2) is 5.82 Å². The van der Waals surface area contributed by atoms with E-state index in [1.165, 1.54) is 4.57 Å². The SMILES string of the molecule is COCCN(CCC(N)=NO)c1nccn(C)c1=O. The van der Waals surface area contributed by atoms with Crippen LogP contribution in [0.5, 0.6) is 0 Å². The van der Waals surface area contributed by atoms with Crippen LogP contribution >= 0.6 is 0 Å². The third-order valence-corrected chi connectivity index (χ3v) is 2.63. The average Bonchev–Trinajstić information content (AvgIpc) is 2.42. The molecule has 1 aromatic rings. The minimum absolute atomic E-state index is 0.107. The van der Waals surface area contributed by atoms with Crippen LogP contribution in [0.2, 0.25) is 0 Å². The van der Waals surface area contributed by atoms with Gasteiger partial charge in [0, 0.05) is 46.1 Å². The third kappa shape index (κ3) is 4.25. The molecule has 0 saturated carbocycles. The molecule has 0 amide bonds. The molecule has 0 fully saturated rings. The highest BCUT2D eigenvalue weighted by molar-refractivity contribution is 5.80. The molecule has 0 aromatic carbocycles. The lowest BCUT2D eigenvalue weighted by molar-refractivity contribution is 0.205. The zero-order chi connectivity index (χ0) is 14.3. The number of rotatable bonds is 7. The Morgan fingerprint density at radius 2 is 2.37 bits per heavy atom. The summed E-state index contributed by atoms with van der Waals surface area (Å²) >= 11 is 0. The maximum absolute atomic E-state index is 12.0. The largest absolute Gasteiger partial charge is 0.409 e. The summed E-state index contributed by atoms with van der Waals surface area (Å²) in [5.74, 6) is 0.433. The van der Waals surface area contributed by atoms with Gasteiger partial charge in [-0.15, -0.1) is 0 Å². The minimum atomic E-state index is -0.196. The number of nitrogens with two attached hydrogens (primary N) is 1. The van der Waals surface area contributed by atoms with Crippen LogP contribution in [-0.4, -0.2) is 47.4 Å². The molecular formula is C11H19N5O3. The van der Waals surface area contributed by atoms with Gasteiger partial charge in [-0.3, -0.25) is 4.79 Å². The van der Waals surface area contributed by atoms with Crippen LogP contribution < -0.4 is 16.2 Å². The smallest absolute Gasteiger partial charge is 0.293 e. The van der Waals surface area contributed by atoms with Gasteiger partial charge in [-0.05, 0) is 0 Å². The lowest BCUT2D eigenvalue weighted by Crippen LogP contribution is -2.37. The molecule has 106 valence electrons. The van der Waals surface area contributed by atoms with Crippen LogP contribution in [0.3, 0.4) is 0 Å². The summed E-state index contributed by atoms with van der Waals surface area (Å²) in [7, 11) is 3.24. The second-order valence-corrected chi connectivity index (χ2v) is 3.99. The van der Waals surface area contributed by atoms with Crippen molar-refractivity contribution in [2.24, 2.45) is 17.9 Å². The van der Waals surface area contributed by atoms with E-state index >= 15 is 0 Å². The van der Waals surface area contributed by atoms with Gasteiger partial charge in [0.25, 0.3) is 5.56 Å². The fourth-order valence-corrected chi connectivity index (χ4v) is 1.53. The number of aryl methyl sites for hydroxylation is 1. The van der Waals surface area contributed by atoms with Crippen molar-refractivity contribution in [1.29, 1.82) is 0 Å². The van der Waals surface area contributed by atoms with Gasteiger partial charge in [-0.2, -0.15) is 0 Å². The highest BCUT2D eigenvalue weighted by Gasteiger charge is 2.13. The second kappa shape index (κ2) is 7.37. The van der Waals surface area contributed by atoms with Crippen molar-refractivity contribution in [2.45, 2.75) is 6.42 Å². The fraction of sp³-hybridized carbons (Fsp3) is 0.545. The number of anilines is 1. The summed E-state index contributed by atoms with van der Waals surface area (Å²) in [5.41, 5.74) is 5.24. The number of methoxy groups -OCH3 is 1. The summed E-state index contributed by atoms with van der Waals surface area (Å²) in [6.07, 6.45) is 3.48. The van der Waals surface area contributed by atoms with Crippen molar-refractivity contribution in [3.8, 4) is 0 Å². The molecule has 0 aliphatic carbocycles. The molecule has 3 N–H and O–H groups in total. The van der Waals surface area contributed by atoms with Crippen LogP contribution in [0.4, 0.5) is 5.82 Å². The van der Waals surface area contributed by atoms with E-state index in [0.717, 1.165) is 0 Å². The molecule has 1 heterocycles. The van der Waals surface area contributed by atoms with Gasteiger partial charge in [0.05, 0.1) is 6.61 Å². The Labute approximate surface area is 111 Å². The summed E-state index contributed by atoms with van der Waals surface area (Å²) in [6, 6.07) is 0.